The molecule has 92 valence electrons. The fourth-order valence-electron chi connectivity index (χ4n) is 1.26. The van der Waals surface area contributed by atoms with Gasteiger partial charge in [-0.15, -0.1) is 0 Å². The largest absolute Gasteiger partial charge is 0.507 e. The van der Waals surface area contributed by atoms with E-state index < -0.39 is 17.9 Å². The van der Waals surface area contributed by atoms with E-state index in [1.807, 2.05) is 0 Å². The number of carbonyl (C=O) groups excluding carboxylic acids is 1. The van der Waals surface area contributed by atoms with Gasteiger partial charge < -0.3 is 15.5 Å². The summed E-state index contributed by atoms with van der Waals surface area (Å²) < 4.78 is 0. The molecule has 0 heterocycles. The van der Waals surface area contributed by atoms with Crippen molar-refractivity contribution in [3.63, 3.8) is 0 Å². The minimum atomic E-state index is -1.12. The van der Waals surface area contributed by atoms with Crippen LogP contribution in [0.3, 0.4) is 0 Å². The first kappa shape index (κ1) is 13.3. The first-order chi connectivity index (χ1) is 7.95. The van der Waals surface area contributed by atoms with Crippen molar-refractivity contribution in [3.05, 3.63) is 28.8 Å². The molecule has 5 nitrogen and oxygen atoms in total. The standard InChI is InChI=1S/C11H12ClNO4/c1-2-8(11(16)17)13-10(15)7-5-6(12)3-4-9(7)14/h3-5,8,14H,2H2,1H3,(H,13,15)(H,16,17). The summed E-state index contributed by atoms with van der Waals surface area (Å²) >= 11 is 5.69. The molecule has 0 saturated heterocycles. The van der Waals surface area contributed by atoms with Crippen LogP contribution in [0.4, 0.5) is 0 Å². The molecule has 0 spiro atoms. The Bertz CT molecular complexity index is 447. The lowest BCUT2D eigenvalue weighted by atomic mass is 10.1. The van der Waals surface area contributed by atoms with Crippen LogP contribution < -0.4 is 5.32 Å². The number of nitrogens with one attached hydrogen (secondary N) is 1. The minimum Gasteiger partial charge on any atom is -0.507 e. The van der Waals surface area contributed by atoms with Crippen molar-refractivity contribution in [1.82, 2.24) is 5.32 Å². The van der Waals surface area contributed by atoms with Gasteiger partial charge in [0, 0.05) is 5.02 Å². The average molecular weight is 258 g/mol. The number of rotatable bonds is 4. The highest BCUT2D eigenvalue weighted by Crippen LogP contribution is 2.21. The fourth-order valence-corrected chi connectivity index (χ4v) is 1.44. The van der Waals surface area contributed by atoms with Crippen LogP contribution in [0, 0.1) is 0 Å². The predicted octanol–water partition coefficient (Wildman–Crippen LogP) is 1.64. The minimum absolute atomic E-state index is 0.0443. The van der Waals surface area contributed by atoms with Crippen molar-refractivity contribution < 1.29 is 19.8 Å². The predicted molar refractivity (Wildman–Crippen MR) is 62.3 cm³/mol. The molecular weight excluding hydrogens is 246 g/mol. The van der Waals surface area contributed by atoms with Crippen LogP contribution in [0.15, 0.2) is 18.2 Å². The van der Waals surface area contributed by atoms with Gasteiger partial charge in [-0.3, -0.25) is 4.79 Å². The van der Waals surface area contributed by atoms with Crippen LogP contribution in [0.25, 0.3) is 0 Å². The van der Waals surface area contributed by atoms with Gasteiger partial charge in [0.25, 0.3) is 5.91 Å². The van der Waals surface area contributed by atoms with E-state index in [-0.39, 0.29) is 22.8 Å². The van der Waals surface area contributed by atoms with E-state index in [9.17, 15) is 14.7 Å². The molecule has 0 aliphatic heterocycles. The Hall–Kier alpha value is -1.75. The number of aliphatic carboxylic acids is 1. The van der Waals surface area contributed by atoms with Crippen LogP contribution in [0.2, 0.25) is 5.02 Å². The summed E-state index contributed by atoms with van der Waals surface area (Å²) in [7, 11) is 0. The van der Waals surface area contributed by atoms with Crippen molar-refractivity contribution in [2.75, 3.05) is 0 Å². The normalized spacial score (nSPS) is 11.9. The van der Waals surface area contributed by atoms with Gasteiger partial charge in [-0.25, -0.2) is 4.79 Å². The molecule has 0 aromatic heterocycles. The van der Waals surface area contributed by atoms with E-state index in [1.54, 1.807) is 6.92 Å². The molecule has 1 rings (SSSR count). The van der Waals surface area contributed by atoms with Gasteiger partial charge >= 0.3 is 5.97 Å². The van der Waals surface area contributed by atoms with Gasteiger partial charge in [0.2, 0.25) is 0 Å². The second-order valence-electron chi connectivity index (χ2n) is 3.43. The Balaban J connectivity index is 2.89. The lowest BCUT2D eigenvalue weighted by molar-refractivity contribution is -0.139. The molecule has 1 unspecified atom stereocenters. The molecular formula is C11H12ClNO4. The fraction of sp³-hybridized carbons (Fsp3) is 0.273. The van der Waals surface area contributed by atoms with Crippen LogP contribution >= 0.6 is 11.6 Å². The molecule has 6 heteroatoms. The molecule has 0 aliphatic carbocycles. The maximum atomic E-state index is 11.7. The molecule has 1 aromatic rings. The Morgan fingerprint density at radius 1 is 1.47 bits per heavy atom. The SMILES string of the molecule is CCC(NC(=O)c1cc(Cl)ccc1O)C(=O)O. The first-order valence-electron chi connectivity index (χ1n) is 4.98. The summed E-state index contributed by atoms with van der Waals surface area (Å²) in [6.45, 7) is 1.64. The highest BCUT2D eigenvalue weighted by Gasteiger charge is 2.20. The molecule has 3 N–H and O–H groups in total. The first-order valence-corrected chi connectivity index (χ1v) is 5.35. The number of halogens is 1. The number of hydrogen-bond acceptors (Lipinski definition) is 3. The lowest BCUT2D eigenvalue weighted by Gasteiger charge is -2.12. The number of carboxylic acid groups (broad SMARTS) is 1. The van der Waals surface area contributed by atoms with Gasteiger partial charge in [-0.1, -0.05) is 18.5 Å². The van der Waals surface area contributed by atoms with Gasteiger partial charge in [0.05, 0.1) is 5.56 Å². The van der Waals surface area contributed by atoms with Crippen molar-refractivity contribution in [2.24, 2.45) is 0 Å². The van der Waals surface area contributed by atoms with Crippen molar-refractivity contribution in [2.45, 2.75) is 19.4 Å². The number of phenols is 1. The maximum absolute atomic E-state index is 11.7. The van der Waals surface area contributed by atoms with Crippen LogP contribution in [-0.4, -0.2) is 28.1 Å². The van der Waals surface area contributed by atoms with Gasteiger partial charge in [0.1, 0.15) is 11.8 Å². The summed E-state index contributed by atoms with van der Waals surface area (Å²) in [6.07, 6.45) is 0.252. The Morgan fingerprint density at radius 2 is 2.12 bits per heavy atom. The molecule has 0 bridgehead atoms. The van der Waals surface area contributed by atoms with Crippen molar-refractivity contribution in [3.8, 4) is 5.75 Å². The zero-order chi connectivity index (χ0) is 13.0. The summed E-state index contributed by atoms with van der Waals surface area (Å²) in [4.78, 5) is 22.4. The third-order valence-electron chi connectivity index (χ3n) is 2.21. The molecule has 0 aliphatic rings. The van der Waals surface area contributed by atoms with Gasteiger partial charge in [-0.05, 0) is 24.6 Å². The highest BCUT2D eigenvalue weighted by molar-refractivity contribution is 6.31. The summed E-state index contributed by atoms with van der Waals surface area (Å²) in [5.41, 5.74) is -0.0443. The Labute approximate surface area is 103 Å². The number of phenolic OH excluding ortho intramolecular Hbond substituents is 1. The Kier molecular flexibility index (Phi) is 4.34. The monoisotopic (exact) mass is 257 g/mol. The molecule has 0 saturated carbocycles. The number of aromatic hydroxyl groups is 1. The van der Waals surface area contributed by atoms with Crippen molar-refractivity contribution in [1.29, 1.82) is 0 Å². The van der Waals surface area contributed by atoms with E-state index >= 15 is 0 Å². The summed E-state index contributed by atoms with van der Waals surface area (Å²) in [5.74, 6) is -2.03. The average Bonchev–Trinajstić information content (AvgIpc) is 2.28. The molecule has 0 radical (unpaired) electrons. The second kappa shape index (κ2) is 5.54. The molecule has 1 amide bonds. The zero-order valence-electron chi connectivity index (χ0n) is 9.11. The number of hydrogen-bond donors (Lipinski definition) is 3. The maximum Gasteiger partial charge on any atom is 0.326 e. The number of carboxylic acids is 1. The lowest BCUT2D eigenvalue weighted by Crippen LogP contribution is -2.40. The Morgan fingerprint density at radius 3 is 2.65 bits per heavy atom. The third kappa shape index (κ3) is 3.35. The molecule has 17 heavy (non-hydrogen) atoms. The zero-order valence-corrected chi connectivity index (χ0v) is 9.86. The van der Waals surface area contributed by atoms with Crippen LogP contribution in [0.5, 0.6) is 5.75 Å². The third-order valence-corrected chi connectivity index (χ3v) is 2.45. The van der Waals surface area contributed by atoms with Gasteiger partial charge in [0.15, 0.2) is 0 Å². The molecule has 1 atom stereocenters. The summed E-state index contributed by atoms with van der Waals surface area (Å²) in [5, 5.41) is 20.8. The number of benzene rings is 1. The topological polar surface area (TPSA) is 86.6 Å². The van der Waals surface area contributed by atoms with E-state index in [2.05, 4.69) is 5.32 Å². The second-order valence-corrected chi connectivity index (χ2v) is 3.87. The molecule has 0 fully saturated rings. The number of amides is 1. The highest BCUT2D eigenvalue weighted by atomic mass is 35.5. The van der Waals surface area contributed by atoms with E-state index in [0.717, 1.165) is 0 Å². The van der Waals surface area contributed by atoms with E-state index in [1.165, 1.54) is 18.2 Å². The summed E-state index contributed by atoms with van der Waals surface area (Å²) in [6, 6.07) is 3.00. The quantitative estimate of drug-likeness (QED) is 0.765. The van der Waals surface area contributed by atoms with E-state index in [4.69, 9.17) is 16.7 Å². The molecule has 1 aromatic carbocycles. The number of carbonyl (C=O) groups is 2. The van der Waals surface area contributed by atoms with Crippen LogP contribution in [-0.2, 0) is 4.79 Å². The van der Waals surface area contributed by atoms with Crippen LogP contribution in [0.1, 0.15) is 23.7 Å². The smallest absolute Gasteiger partial charge is 0.326 e. The van der Waals surface area contributed by atoms with E-state index in [0.29, 0.717) is 0 Å². The van der Waals surface area contributed by atoms with Crippen molar-refractivity contribution >= 4 is 23.5 Å². The van der Waals surface area contributed by atoms with Gasteiger partial charge in [-0.2, -0.15) is 0 Å².